The first-order chi connectivity index (χ1) is 10.4. The van der Waals surface area contributed by atoms with Crippen molar-refractivity contribution in [2.75, 3.05) is 0 Å². The van der Waals surface area contributed by atoms with Crippen molar-refractivity contribution in [3.8, 4) is 0 Å². The minimum absolute atomic E-state index is 0.196. The van der Waals surface area contributed by atoms with Crippen molar-refractivity contribution in [3.05, 3.63) is 57.6 Å². The number of carbonyl (C=O) groups excluding carboxylic acids is 1. The van der Waals surface area contributed by atoms with Crippen molar-refractivity contribution in [2.24, 2.45) is 11.0 Å². The maximum absolute atomic E-state index is 12.2. The van der Waals surface area contributed by atoms with Gasteiger partial charge in [-0.3, -0.25) is 4.79 Å². The van der Waals surface area contributed by atoms with E-state index >= 15 is 0 Å². The second-order valence-electron chi connectivity index (χ2n) is 5.83. The molecule has 0 radical (unpaired) electrons. The van der Waals surface area contributed by atoms with Crippen LogP contribution in [0.15, 0.2) is 51.6 Å². The van der Waals surface area contributed by atoms with Crippen molar-refractivity contribution >= 4 is 27.5 Å². The summed E-state index contributed by atoms with van der Waals surface area (Å²) in [6.45, 7) is 10.1. The molecule has 4 heteroatoms. The van der Waals surface area contributed by atoms with Crippen LogP contribution in [0.1, 0.15) is 42.6 Å². The molecule has 1 aliphatic rings. The molecule has 22 heavy (non-hydrogen) atoms. The lowest BCUT2D eigenvalue weighted by Crippen LogP contribution is -2.23. The lowest BCUT2D eigenvalue weighted by atomic mass is 9.85. The Morgan fingerprint density at radius 3 is 2.77 bits per heavy atom. The molecule has 0 heterocycles. The zero-order valence-electron chi connectivity index (χ0n) is 13.2. The van der Waals surface area contributed by atoms with Gasteiger partial charge in [0.15, 0.2) is 0 Å². The standard InChI is InChI=1S/C18H21BrN2O/c1-11(2)14-7-6-13(4)17(10-14)20-21-18(22)15-8-5-12(3)16(19)9-15/h5-6,8-9,14H,1,7,10H2,2-4H3,(H,21,22)/b20-17+/t14-/m1/s1. The first-order valence-corrected chi connectivity index (χ1v) is 8.13. The average Bonchev–Trinajstić information content (AvgIpc) is 2.48. The topological polar surface area (TPSA) is 41.5 Å². The fourth-order valence-corrected chi connectivity index (χ4v) is 2.72. The SMILES string of the molecule is C=C(C)[C@@H]1CC=C(C)/C(=N/NC(=O)c2ccc(C)c(Br)c2)C1. The van der Waals surface area contributed by atoms with E-state index in [1.165, 1.54) is 0 Å². The van der Waals surface area contributed by atoms with E-state index in [2.05, 4.69) is 39.1 Å². The molecule has 2 rings (SSSR count). The highest BCUT2D eigenvalue weighted by Crippen LogP contribution is 2.26. The van der Waals surface area contributed by atoms with E-state index in [4.69, 9.17) is 0 Å². The van der Waals surface area contributed by atoms with Crippen molar-refractivity contribution in [2.45, 2.75) is 33.6 Å². The molecule has 3 nitrogen and oxygen atoms in total. The Balaban J connectivity index is 2.11. The van der Waals surface area contributed by atoms with Crippen molar-refractivity contribution < 1.29 is 4.79 Å². The van der Waals surface area contributed by atoms with Crippen LogP contribution in [0.25, 0.3) is 0 Å². The average molecular weight is 361 g/mol. The van der Waals surface area contributed by atoms with Crippen LogP contribution < -0.4 is 5.43 Å². The smallest absolute Gasteiger partial charge is 0.267 e. The number of rotatable bonds is 3. The number of nitrogens with zero attached hydrogens (tertiary/aromatic N) is 1. The number of amides is 1. The van der Waals surface area contributed by atoms with E-state index in [0.717, 1.165) is 39.7 Å². The Hall–Kier alpha value is -1.68. The minimum atomic E-state index is -0.196. The van der Waals surface area contributed by atoms with Crippen LogP contribution in [0.4, 0.5) is 0 Å². The summed E-state index contributed by atoms with van der Waals surface area (Å²) in [4.78, 5) is 12.2. The van der Waals surface area contributed by atoms with Gasteiger partial charge in [0.05, 0.1) is 5.71 Å². The highest BCUT2D eigenvalue weighted by molar-refractivity contribution is 9.10. The van der Waals surface area contributed by atoms with Gasteiger partial charge in [0.25, 0.3) is 5.91 Å². The van der Waals surface area contributed by atoms with Crippen molar-refractivity contribution in [1.29, 1.82) is 0 Å². The Morgan fingerprint density at radius 2 is 2.14 bits per heavy atom. The summed E-state index contributed by atoms with van der Waals surface area (Å²) in [6.07, 6.45) is 3.99. The third-order valence-corrected chi connectivity index (χ3v) is 4.88. The van der Waals surface area contributed by atoms with E-state index in [9.17, 15) is 4.79 Å². The fraction of sp³-hybridized carbons (Fsp3) is 0.333. The van der Waals surface area contributed by atoms with E-state index in [1.54, 1.807) is 6.07 Å². The second kappa shape index (κ2) is 7.05. The zero-order valence-corrected chi connectivity index (χ0v) is 14.8. The van der Waals surface area contributed by atoms with E-state index in [-0.39, 0.29) is 5.91 Å². The first-order valence-electron chi connectivity index (χ1n) is 7.34. The van der Waals surface area contributed by atoms with Gasteiger partial charge in [0.2, 0.25) is 0 Å². The number of allylic oxidation sites excluding steroid dienone is 3. The molecule has 0 bridgehead atoms. The minimum Gasteiger partial charge on any atom is -0.267 e. The molecule has 116 valence electrons. The molecule has 0 unspecified atom stereocenters. The molecular weight excluding hydrogens is 340 g/mol. The Kier molecular flexibility index (Phi) is 5.35. The van der Waals surface area contributed by atoms with E-state index in [1.807, 2.05) is 32.9 Å². The molecule has 1 amide bonds. The summed E-state index contributed by atoms with van der Waals surface area (Å²) >= 11 is 3.44. The molecule has 0 saturated carbocycles. The number of hydrazone groups is 1. The fourth-order valence-electron chi connectivity index (χ4n) is 2.34. The van der Waals surface area contributed by atoms with Crippen LogP contribution in [-0.2, 0) is 0 Å². The predicted octanol–water partition coefficient (Wildman–Crippen LogP) is 4.78. The van der Waals surface area contributed by atoms with Crippen LogP contribution in [0, 0.1) is 12.8 Å². The molecule has 0 fully saturated rings. The van der Waals surface area contributed by atoms with Gasteiger partial charge in [-0.1, -0.05) is 40.2 Å². The third-order valence-electron chi connectivity index (χ3n) is 4.03. The summed E-state index contributed by atoms with van der Waals surface area (Å²) in [5.74, 6) is 0.214. The molecule has 0 aromatic heterocycles. The summed E-state index contributed by atoms with van der Waals surface area (Å²) in [6, 6.07) is 5.52. The number of carbonyl (C=O) groups is 1. The van der Waals surface area contributed by atoms with Crippen LogP contribution in [0.5, 0.6) is 0 Å². The van der Waals surface area contributed by atoms with E-state index < -0.39 is 0 Å². The number of halogens is 1. The van der Waals surface area contributed by atoms with Crippen molar-refractivity contribution in [1.82, 2.24) is 5.43 Å². The molecule has 0 aliphatic heterocycles. The van der Waals surface area contributed by atoms with Gasteiger partial charge in [0, 0.05) is 10.0 Å². The summed E-state index contributed by atoms with van der Waals surface area (Å²) in [5, 5.41) is 4.32. The first kappa shape index (κ1) is 16.7. The van der Waals surface area contributed by atoms with Gasteiger partial charge in [-0.25, -0.2) is 5.43 Å². The maximum atomic E-state index is 12.2. The molecule has 1 aromatic carbocycles. The molecule has 0 spiro atoms. The number of benzene rings is 1. The quantitative estimate of drug-likeness (QED) is 0.611. The molecule has 1 aromatic rings. The van der Waals surface area contributed by atoms with Gasteiger partial charge < -0.3 is 0 Å². The number of nitrogens with one attached hydrogen (secondary N) is 1. The van der Waals surface area contributed by atoms with Crippen LogP contribution >= 0.6 is 15.9 Å². The largest absolute Gasteiger partial charge is 0.271 e. The van der Waals surface area contributed by atoms with Crippen LogP contribution in [0.2, 0.25) is 0 Å². The summed E-state index contributed by atoms with van der Waals surface area (Å²) in [5.41, 5.74) is 7.57. The molecule has 0 saturated heterocycles. The lowest BCUT2D eigenvalue weighted by Gasteiger charge is -2.22. The molecule has 1 atom stereocenters. The molecular formula is C18H21BrN2O. The van der Waals surface area contributed by atoms with Crippen LogP contribution in [-0.4, -0.2) is 11.6 Å². The third kappa shape index (κ3) is 3.95. The summed E-state index contributed by atoms with van der Waals surface area (Å²) < 4.78 is 0.920. The van der Waals surface area contributed by atoms with E-state index in [0.29, 0.717) is 11.5 Å². The zero-order chi connectivity index (χ0) is 16.3. The van der Waals surface area contributed by atoms with Gasteiger partial charge in [0.1, 0.15) is 0 Å². The van der Waals surface area contributed by atoms with Gasteiger partial charge in [-0.05, 0) is 62.8 Å². The Morgan fingerprint density at radius 1 is 1.41 bits per heavy atom. The van der Waals surface area contributed by atoms with Crippen molar-refractivity contribution in [3.63, 3.8) is 0 Å². The Bertz CT molecular complexity index is 674. The lowest BCUT2D eigenvalue weighted by molar-refractivity contribution is 0.0954. The van der Waals surface area contributed by atoms with Gasteiger partial charge in [-0.2, -0.15) is 5.10 Å². The second-order valence-corrected chi connectivity index (χ2v) is 6.69. The highest BCUT2D eigenvalue weighted by Gasteiger charge is 2.19. The predicted molar refractivity (Wildman–Crippen MR) is 95.1 cm³/mol. The Labute approximate surface area is 140 Å². The molecule has 1 aliphatic carbocycles. The molecule has 1 N–H and O–H groups in total. The van der Waals surface area contributed by atoms with Gasteiger partial charge in [-0.15, -0.1) is 0 Å². The normalized spacial score (nSPS) is 19.7. The number of hydrogen-bond acceptors (Lipinski definition) is 2. The maximum Gasteiger partial charge on any atom is 0.271 e. The number of aryl methyl sites for hydroxylation is 1. The number of hydrogen-bond donors (Lipinski definition) is 1. The van der Waals surface area contributed by atoms with Crippen LogP contribution in [0.3, 0.4) is 0 Å². The highest BCUT2D eigenvalue weighted by atomic mass is 79.9. The van der Waals surface area contributed by atoms with Gasteiger partial charge >= 0.3 is 0 Å². The summed E-state index contributed by atoms with van der Waals surface area (Å²) in [7, 11) is 0. The monoisotopic (exact) mass is 360 g/mol.